The highest BCUT2D eigenvalue weighted by Gasteiger charge is 2.17. The van der Waals surface area contributed by atoms with Gasteiger partial charge >= 0.3 is 0 Å². The van der Waals surface area contributed by atoms with Gasteiger partial charge in [-0.25, -0.2) is 9.37 Å². The highest BCUT2D eigenvalue weighted by molar-refractivity contribution is 14.1. The maximum atomic E-state index is 14.4. The molecule has 0 unspecified atom stereocenters. The van der Waals surface area contributed by atoms with Crippen molar-refractivity contribution in [3.8, 4) is 11.1 Å². The van der Waals surface area contributed by atoms with Crippen molar-refractivity contribution >= 4 is 52.1 Å². The van der Waals surface area contributed by atoms with Crippen molar-refractivity contribution in [3.05, 3.63) is 80.3 Å². The minimum Gasteiger partial charge on any atom is -0.378 e. The van der Waals surface area contributed by atoms with E-state index in [9.17, 15) is 9.18 Å². The molecule has 0 saturated carbocycles. The normalized spacial score (nSPS) is 14.3. The van der Waals surface area contributed by atoms with Gasteiger partial charge in [0.05, 0.1) is 31.6 Å². The van der Waals surface area contributed by atoms with Gasteiger partial charge < -0.3 is 14.2 Å². The van der Waals surface area contributed by atoms with Crippen LogP contribution in [0.1, 0.15) is 5.56 Å². The van der Waals surface area contributed by atoms with Crippen LogP contribution in [0.2, 0.25) is 0 Å². The van der Waals surface area contributed by atoms with E-state index in [1.807, 2.05) is 41.1 Å². The maximum Gasteiger partial charge on any atom is 0.251 e. The zero-order valence-electron chi connectivity index (χ0n) is 17.0. The molecule has 0 atom stereocenters. The summed E-state index contributed by atoms with van der Waals surface area (Å²) < 4.78 is 23.5. The summed E-state index contributed by atoms with van der Waals surface area (Å²) in [6.07, 6.45) is 5.41. The first-order valence-corrected chi connectivity index (χ1v) is 11.7. The van der Waals surface area contributed by atoms with Crippen molar-refractivity contribution in [1.82, 2.24) is 13.5 Å². The third kappa shape index (κ3) is 4.04. The number of ether oxygens (including phenoxy) is 1. The second kappa shape index (κ2) is 8.87. The highest BCUT2D eigenvalue weighted by atomic mass is 127. The van der Waals surface area contributed by atoms with Gasteiger partial charge in [0.25, 0.3) is 5.56 Å². The average molecular weight is 562 g/mol. The molecule has 4 heterocycles. The highest BCUT2D eigenvalue weighted by Crippen LogP contribution is 2.32. The van der Waals surface area contributed by atoms with E-state index < -0.39 is 0 Å². The summed E-state index contributed by atoms with van der Waals surface area (Å²) in [6, 6.07) is 10.7. The Balaban J connectivity index is 1.51. The van der Waals surface area contributed by atoms with Gasteiger partial charge in [-0.15, -0.1) is 0 Å². The molecule has 3 aromatic heterocycles. The molecule has 1 fully saturated rings. The first-order chi connectivity index (χ1) is 15.5. The lowest BCUT2D eigenvalue weighted by atomic mass is 10.1. The fourth-order valence-electron chi connectivity index (χ4n) is 3.96. The molecule has 1 saturated heterocycles. The van der Waals surface area contributed by atoms with E-state index >= 15 is 0 Å². The Hall–Kier alpha value is -2.37. The SMILES string of the molecule is O=c1cc(-c2cn(S)c3ncc(N4CCOCC4)cc23)ccn1Cc1cccc(I)c1F. The molecule has 0 bridgehead atoms. The summed E-state index contributed by atoms with van der Waals surface area (Å²) >= 11 is 6.47. The molecule has 5 rings (SSSR count). The number of rotatable bonds is 4. The van der Waals surface area contributed by atoms with E-state index in [1.54, 1.807) is 34.4 Å². The summed E-state index contributed by atoms with van der Waals surface area (Å²) in [4.78, 5) is 19.7. The van der Waals surface area contributed by atoms with Gasteiger partial charge in [-0.1, -0.05) is 24.9 Å². The largest absolute Gasteiger partial charge is 0.378 e. The van der Waals surface area contributed by atoms with Crippen LogP contribution in [-0.2, 0) is 11.3 Å². The van der Waals surface area contributed by atoms with Crippen molar-refractivity contribution in [3.63, 3.8) is 0 Å². The predicted molar refractivity (Wildman–Crippen MR) is 135 cm³/mol. The summed E-state index contributed by atoms with van der Waals surface area (Å²) in [5.74, 6) is -0.288. The van der Waals surface area contributed by atoms with Crippen LogP contribution in [0.25, 0.3) is 22.2 Å². The van der Waals surface area contributed by atoms with Gasteiger partial charge in [0.1, 0.15) is 5.82 Å². The van der Waals surface area contributed by atoms with Crippen LogP contribution in [0, 0.1) is 9.39 Å². The monoisotopic (exact) mass is 562 g/mol. The standard InChI is InChI=1S/C23H20FIN4O2S/c24-22-16(2-1-3-20(22)25)13-28-5-4-15(10-21(28)30)19-14-29(32)23-18(19)11-17(12-26-23)27-6-8-31-9-7-27/h1-5,10-12,14,32H,6-9,13H2. The summed E-state index contributed by atoms with van der Waals surface area (Å²) in [5, 5.41) is 0.921. The van der Waals surface area contributed by atoms with Crippen molar-refractivity contribution in [2.24, 2.45) is 0 Å². The smallest absolute Gasteiger partial charge is 0.251 e. The number of nitrogens with zero attached hydrogens (tertiary/aromatic N) is 4. The minimum atomic E-state index is -0.288. The van der Waals surface area contributed by atoms with Gasteiger partial charge in [-0.2, -0.15) is 0 Å². The van der Waals surface area contributed by atoms with Gasteiger partial charge in [-0.05, 0) is 46.4 Å². The van der Waals surface area contributed by atoms with Gasteiger partial charge in [0, 0.05) is 51.6 Å². The van der Waals surface area contributed by atoms with E-state index in [4.69, 9.17) is 4.74 Å². The lowest BCUT2D eigenvalue weighted by Gasteiger charge is -2.28. The second-order valence-electron chi connectivity index (χ2n) is 7.65. The van der Waals surface area contributed by atoms with Crippen molar-refractivity contribution in [2.75, 3.05) is 31.2 Å². The van der Waals surface area contributed by atoms with Gasteiger partial charge in [0.2, 0.25) is 0 Å². The Morgan fingerprint density at radius 3 is 2.78 bits per heavy atom. The van der Waals surface area contributed by atoms with Crippen LogP contribution >= 0.6 is 35.4 Å². The van der Waals surface area contributed by atoms with Gasteiger partial charge in [0.15, 0.2) is 5.65 Å². The Morgan fingerprint density at radius 2 is 2.00 bits per heavy atom. The molecule has 9 heteroatoms. The quantitative estimate of drug-likeness (QED) is 0.300. The third-order valence-corrected chi connectivity index (χ3v) is 6.80. The van der Waals surface area contributed by atoms with Crippen molar-refractivity contribution in [2.45, 2.75) is 6.54 Å². The number of anilines is 1. The topological polar surface area (TPSA) is 52.3 Å². The van der Waals surface area contributed by atoms with E-state index in [-0.39, 0.29) is 17.9 Å². The Labute approximate surface area is 203 Å². The van der Waals surface area contributed by atoms with Crippen LogP contribution in [-0.4, -0.2) is 39.8 Å². The zero-order chi connectivity index (χ0) is 22.2. The number of benzene rings is 1. The maximum absolute atomic E-state index is 14.4. The summed E-state index contributed by atoms with van der Waals surface area (Å²) in [5.41, 5.74) is 3.68. The molecule has 6 nitrogen and oxygen atoms in total. The average Bonchev–Trinajstić information content (AvgIpc) is 3.14. The molecular weight excluding hydrogens is 542 g/mol. The molecule has 164 valence electrons. The number of pyridine rings is 2. The van der Waals surface area contributed by atoms with E-state index in [1.165, 1.54) is 4.57 Å². The zero-order valence-corrected chi connectivity index (χ0v) is 20.1. The van der Waals surface area contributed by atoms with E-state index in [0.29, 0.717) is 22.3 Å². The Kier molecular flexibility index (Phi) is 5.95. The lowest BCUT2D eigenvalue weighted by molar-refractivity contribution is 0.122. The number of thiol groups is 1. The molecular formula is C23H20FIN4O2S. The van der Waals surface area contributed by atoms with Crippen LogP contribution in [0.4, 0.5) is 10.1 Å². The molecule has 0 N–H and O–H groups in total. The van der Waals surface area contributed by atoms with Crippen LogP contribution in [0.15, 0.2) is 59.8 Å². The lowest BCUT2D eigenvalue weighted by Crippen LogP contribution is -2.36. The molecule has 0 amide bonds. The first-order valence-electron chi connectivity index (χ1n) is 10.2. The molecule has 0 radical (unpaired) electrons. The fourth-order valence-corrected chi connectivity index (χ4v) is 4.79. The fraction of sp³-hybridized carbons (Fsp3) is 0.217. The summed E-state index contributed by atoms with van der Waals surface area (Å²) in [7, 11) is 0. The van der Waals surface area contributed by atoms with Crippen LogP contribution in [0.3, 0.4) is 0 Å². The van der Waals surface area contributed by atoms with E-state index in [2.05, 4.69) is 28.8 Å². The molecule has 0 aliphatic carbocycles. The number of hydrogen-bond acceptors (Lipinski definition) is 5. The molecule has 1 aliphatic heterocycles. The first kappa shape index (κ1) is 21.5. The number of morpholine rings is 1. The predicted octanol–water partition coefficient (Wildman–Crippen LogP) is 4.19. The minimum absolute atomic E-state index is 0.179. The molecule has 1 aliphatic rings. The molecule has 1 aromatic carbocycles. The van der Waals surface area contributed by atoms with Gasteiger partial charge in [-0.3, -0.25) is 8.77 Å². The van der Waals surface area contributed by atoms with Crippen molar-refractivity contribution in [1.29, 1.82) is 0 Å². The number of halogens is 2. The summed E-state index contributed by atoms with van der Waals surface area (Å²) in [6.45, 7) is 3.19. The molecule has 0 spiro atoms. The van der Waals surface area contributed by atoms with Crippen LogP contribution < -0.4 is 10.5 Å². The molecule has 32 heavy (non-hydrogen) atoms. The van der Waals surface area contributed by atoms with Crippen LogP contribution in [0.5, 0.6) is 0 Å². The Morgan fingerprint density at radius 1 is 1.19 bits per heavy atom. The number of aromatic nitrogens is 3. The second-order valence-corrected chi connectivity index (χ2v) is 9.24. The third-order valence-electron chi connectivity index (χ3n) is 5.67. The molecule has 4 aromatic rings. The van der Waals surface area contributed by atoms with Crippen molar-refractivity contribution < 1.29 is 9.13 Å². The Bertz CT molecular complexity index is 1360. The van der Waals surface area contributed by atoms with E-state index in [0.717, 1.165) is 40.9 Å². The number of hydrogen-bond donors (Lipinski definition) is 1. The number of fused-ring (bicyclic) bond motifs is 1.